The molecule has 3 aliphatic heterocycles. The maximum absolute atomic E-state index is 4.24. The van der Waals surface area contributed by atoms with Crippen LogP contribution < -0.4 is 0 Å². The summed E-state index contributed by atoms with van der Waals surface area (Å²) in [7, 11) is 2.07. The molecule has 3 rings (SSSR count). The molecule has 0 aromatic rings. The van der Waals surface area contributed by atoms with E-state index in [4.69, 9.17) is 0 Å². The molecule has 0 saturated heterocycles. The molecule has 3 heterocycles. The third kappa shape index (κ3) is 0.534. The van der Waals surface area contributed by atoms with Crippen LogP contribution in [0.4, 0.5) is 0 Å². The number of rotatable bonds is 0. The quantitative estimate of drug-likeness (QED) is 0.444. The second-order valence-electron chi connectivity index (χ2n) is 2.64. The van der Waals surface area contributed by atoms with E-state index in [-0.39, 0.29) is 0 Å². The third-order valence-electron chi connectivity index (χ3n) is 2.01. The first-order valence-corrected chi connectivity index (χ1v) is 3.53. The number of aliphatic imine (C=N–C) groups is 2. The fourth-order valence-corrected chi connectivity index (χ4v) is 1.50. The maximum Gasteiger partial charge on any atom is 0.220 e. The fourth-order valence-electron chi connectivity index (χ4n) is 1.50. The molecule has 3 aliphatic rings. The average molecular weight is 139 g/mol. The molecule has 2 nitrogen and oxygen atoms in total. The molecule has 3 heteroatoms. The Labute approximate surface area is 65.0 Å². The molecule has 0 spiro atoms. The monoisotopic (exact) mass is 139 g/mol. The zero-order chi connectivity index (χ0) is 7.26. The van der Waals surface area contributed by atoms with Crippen LogP contribution in [0.3, 0.4) is 0 Å². The Hall–Kier alpha value is -1.38. The Balaban J connectivity index is 2.32. The lowest BCUT2D eigenvalue weighted by molar-refractivity contribution is 1.43. The summed E-state index contributed by atoms with van der Waals surface area (Å²) in [6.45, 7) is 0. The summed E-state index contributed by atoms with van der Waals surface area (Å²) in [4.78, 5) is 8.43. The van der Waals surface area contributed by atoms with Crippen molar-refractivity contribution in [2.45, 2.75) is 0 Å². The number of hydrogen-bond acceptors (Lipinski definition) is 2. The van der Waals surface area contributed by atoms with E-state index in [1.54, 1.807) is 0 Å². The smallest absolute Gasteiger partial charge is 0.220 e. The lowest BCUT2D eigenvalue weighted by Crippen LogP contribution is -2.02. The van der Waals surface area contributed by atoms with Crippen molar-refractivity contribution >= 4 is 19.1 Å². The first-order valence-electron chi connectivity index (χ1n) is 3.53. The Bertz CT molecular complexity index is 347. The van der Waals surface area contributed by atoms with Crippen molar-refractivity contribution in [2.75, 3.05) is 0 Å². The number of nitrogens with zero attached hydrogens (tertiary/aromatic N) is 2. The Morgan fingerprint density at radius 3 is 3.36 bits per heavy atom. The molecule has 0 amide bonds. The number of fused-ring (bicyclic) bond motifs is 2. The van der Waals surface area contributed by atoms with E-state index in [9.17, 15) is 0 Å². The first kappa shape index (κ1) is 5.30. The molecule has 49 valence electrons. The van der Waals surface area contributed by atoms with Crippen LogP contribution in [-0.2, 0) is 0 Å². The number of allylic oxidation sites excluding steroid dienone is 4. The summed E-state index contributed by atoms with van der Waals surface area (Å²) in [5.74, 6) is 0. The highest BCUT2D eigenvalue weighted by Crippen LogP contribution is 2.30. The summed E-state index contributed by atoms with van der Waals surface area (Å²) in [6, 6.07) is 0. The minimum atomic E-state index is 1.06. The van der Waals surface area contributed by atoms with Crippen LogP contribution in [0.2, 0.25) is 0 Å². The van der Waals surface area contributed by atoms with Gasteiger partial charge in [-0.3, -0.25) is 9.98 Å². The van der Waals surface area contributed by atoms with Crippen molar-refractivity contribution in [3.8, 4) is 0 Å². The van der Waals surface area contributed by atoms with Crippen molar-refractivity contribution in [2.24, 2.45) is 9.98 Å². The second kappa shape index (κ2) is 1.61. The lowest BCUT2D eigenvalue weighted by atomic mass is 9.68. The van der Waals surface area contributed by atoms with Crippen LogP contribution in [-0.4, -0.2) is 19.1 Å². The zero-order valence-corrected chi connectivity index (χ0v) is 5.78. The van der Waals surface area contributed by atoms with Crippen LogP contribution in [0.25, 0.3) is 0 Å². The van der Waals surface area contributed by atoms with Gasteiger partial charge in [-0.2, -0.15) is 0 Å². The Morgan fingerprint density at radius 1 is 1.36 bits per heavy atom. The number of hydrogen-bond donors (Lipinski definition) is 0. The van der Waals surface area contributed by atoms with Gasteiger partial charge in [-0.05, 0) is 12.2 Å². The maximum atomic E-state index is 4.24. The van der Waals surface area contributed by atoms with Gasteiger partial charge in [0.2, 0.25) is 7.28 Å². The average Bonchev–Trinajstić information content (AvgIpc) is 2.52. The first-order chi connectivity index (χ1) is 5.45. The van der Waals surface area contributed by atoms with Crippen LogP contribution in [0.15, 0.2) is 45.1 Å². The van der Waals surface area contributed by atoms with Crippen LogP contribution in [0.5, 0.6) is 0 Å². The highest BCUT2D eigenvalue weighted by molar-refractivity contribution is 6.87. The molecule has 0 aromatic carbocycles. The molecule has 0 aliphatic carbocycles. The summed E-state index contributed by atoms with van der Waals surface area (Å²) in [5, 5.41) is 0. The standard InChI is InChI=1S/C8H4BN2/c1-3-11-8-5(1)7-6(9-8)2-4-10-7/h1-4H. The highest BCUT2D eigenvalue weighted by atomic mass is 14.8. The predicted octanol–water partition coefficient (Wildman–Crippen LogP) is 0.852. The zero-order valence-electron chi connectivity index (χ0n) is 5.78. The van der Waals surface area contributed by atoms with E-state index in [1.807, 2.05) is 24.6 Å². The van der Waals surface area contributed by atoms with Crippen molar-refractivity contribution in [3.63, 3.8) is 0 Å². The van der Waals surface area contributed by atoms with Crippen molar-refractivity contribution < 1.29 is 0 Å². The van der Waals surface area contributed by atoms with Crippen molar-refractivity contribution in [3.05, 3.63) is 35.1 Å². The molecule has 0 aromatic heterocycles. The molecule has 1 radical (unpaired) electrons. The summed E-state index contributed by atoms with van der Waals surface area (Å²) >= 11 is 0. The summed E-state index contributed by atoms with van der Waals surface area (Å²) in [5.41, 5.74) is 4.51. The summed E-state index contributed by atoms with van der Waals surface area (Å²) in [6.07, 6.45) is 7.66. The van der Waals surface area contributed by atoms with Crippen LogP contribution in [0, 0.1) is 0 Å². The predicted molar refractivity (Wildman–Crippen MR) is 45.9 cm³/mol. The molecule has 0 N–H and O–H groups in total. The van der Waals surface area contributed by atoms with Crippen LogP contribution in [0.1, 0.15) is 0 Å². The van der Waals surface area contributed by atoms with Gasteiger partial charge in [-0.15, -0.1) is 0 Å². The lowest BCUT2D eigenvalue weighted by Gasteiger charge is -1.90. The normalized spacial score (nSPS) is 23.3. The Kier molecular flexibility index (Phi) is 0.778. The highest BCUT2D eigenvalue weighted by Gasteiger charge is 2.27. The van der Waals surface area contributed by atoms with E-state index >= 15 is 0 Å². The topological polar surface area (TPSA) is 24.7 Å². The van der Waals surface area contributed by atoms with E-state index in [2.05, 4.69) is 17.3 Å². The summed E-state index contributed by atoms with van der Waals surface area (Å²) < 4.78 is 0. The molecule has 0 fully saturated rings. The second-order valence-corrected chi connectivity index (χ2v) is 2.64. The van der Waals surface area contributed by atoms with Gasteiger partial charge in [0.05, 0.1) is 5.70 Å². The molecule has 0 unspecified atom stereocenters. The Morgan fingerprint density at radius 2 is 2.36 bits per heavy atom. The van der Waals surface area contributed by atoms with Gasteiger partial charge in [-0.1, -0.05) is 5.47 Å². The largest absolute Gasteiger partial charge is 0.271 e. The third-order valence-corrected chi connectivity index (χ3v) is 2.01. The van der Waals surface area contributed by atoms with Gasteiger partial charge < -0.3 is 0 Å². The molecule has 11 heavy (non-hydrogen) atoms. The van der Waals surface area contributed by atoms with E-state index in [1.165, 1.54) is 11.0 Å². The van der Waals surface area contributed by atoms with Crippen molar-refractivity contribution in [1.29, 1.82) is 0 Å². The minimum Gasteiger partial charge on any atom is -0.271 e. The van der Waals surface area contributed by atoms with Gasteiger partial charge in [0.25, 0.3) is 0 Å². The van der Waals surface area contributed by atoms with Crippen LogP contribution >= 0.6 is 0 Å². The molecular formula is C8H4BN2. The molecule has 0 atom stereocenters. The van der Waals surface area contributed by atoms with Gasteiger partial charge in [0, 0.05) is 23.6 Å². The van der Waals surface area contributed by atoms with E-state index in [0.29, 0.717) is 0 Å². The minimum absolute atomic E-state index is 1.06. The van der Waals surface area contributed by atoms with Gasteiger partial charge >= 0.3 is 0 Å². The molecule has 0 saturated carbocycles. The van der Waals surface area contributed by atoms with Gasteiger partial charge in [0.1, 0.15) is 0 Å². The SMILES string of the molecule is [B]1C2=CC=NC2=C2C=CN=C12. The fraction of sp³-hybridized carbons (Fsp3) is 0. The van der Waals surface area contributed by atoms with E-state index < -0.39 is 0 Å². The van der Waals surface area contributed by atoms with E-state index in [0.717, 1.165) is 11.3 Å². The van der Waals surface area contributed by atoms with Gasteiger partial charge in [-0.25, -0.2) is 0 Å². The molecular weight excluding hydrogens is 135 g/mol. The van der Waals surface area contributed by atoms with Gasteiger partial charge in [0.15, 0.2) is 0 Å². The molecule has 0 bridgehead atoms. The van der Waals surface area contributed by atoms with Crippen molar-refractivity contribution in [1.82, 2.24) is 0 Å².